The first kappa shape index (κ1) is 10.1. The van der Waals surface area contributed by atoms with Crippen molar-refractivity contribution in [1.29, 1.82) is 0 Å². The first-order valence-corrected chi connectivity index (χ1v) is 6.55. The van der Waals surface area contributed by atoms with Crippen LogP contribution in [0.3, 0.4) is 0 Å². The molecule has 0 bridgehead atoms. The van der Waals surface area contributed by atoms with Crippen LogP contribution in [0.15, 0.2) is 29.6 Å². The third-order valence-electron chi connectivity index (χ3n) is 2.53. The van der Waals surface area contributed by atoms with Crippen molar-refractivity contribution in [2.45, 2.75) is 18.9 Å². The molecule has 0 amide bonds. The van der Waals surface area contributed by atoms with Gasteiger partial charge in [-0.2, -0.15) is 0 Å². The Morgan fingerprint density at radius 2 is 2.25 bits per heavy atom. The van der Waals surface area contributed by atoms with Gasteiger partial charge in [-0.1, -0.05) is 23.7 Å². The standard InChI is InChI=1S/C12H11ClN2S/c13-9-3-1-2-8(6-9)11-7-16-12(15-11)14-10-4-5-10/h1-3,6-7,10H,4-5H2,(H,14,15). The smallest absolute Gasteiger partial charge is 0.183 e. The van der Waals surface area contributed by atoms with Gasteiger partial charge in [0.1, 0.15) is 0 Å². The molecule has 1 aliphatic carbocycles. The van der Waals surface area contributed by atoms with Gasteiger partial charge in [0.25, 0.3) is 0 Å². The van der Waals surface area contributed by atoms with E-state index >= 15 is 0 Å². The highest BCUT2D eigenvalue weighted by atomic mass is 35.5. The van der Waals surface area contributed by atoms with Crippen LogP contribution in [-0.4, -0.2) is 11.0 Å². The Balaban J connectivity index is 1.85. The second kappa shape index (κ2) is 4.07. The normalized spacial score (nSPS) is 15.1. The van der Waals surface area contributed by atoms with Crippen molar-refractivity contribution >= 4 is 28.1 Å². The SMILES string of the molecule is Clc1cccc(-c2csc(NC3CC3)n2)c1. The van der Waals surface area contributed by atoms with Crippen molar-refractivity contribution < 1.29 is 0 Å². The Kier molecular flexibility index (Phi) is 2.58. The van der Waals surface area contributed by atoms with Gasteiger partial charge in [-0.15, -0.1) is 11.3 Å². The van der Waals surface area contributed by atoms with Crippen LogP contribution in [0.1, 0.15) is 12.8 Å². The van der Waals surface area contributed by atoms with Gasteiger partial charge in [0.15, 0.2) is 5.13 Å². The molecule has 82 valence electrons. The molecule has 16 heavy (non-hydrogen) atoms. The van der Waals surface area contributed by atoms with E-state index in [0.717, 1.165) is 21.4 Å². The summed E-state index contributed by atoms with van der Waals surface area (Å²) in [4.78, 5) is 4.55. The minimum absolute atomic E-state index is 0.651. The Hall–Kier alpha value is -1.06. The average Bonchev–Trinajstić information content (AvgIpc) is 2.94. The maximum absolute atomic E-state index is 5.96. The molecular weight excluding hydrogens is 240 g/mol. The van der Waals surface area contributed by atoms with E-state index in [1.54, 1.807) is 11.3 Å². The van der Waals surface area contributed by atoms with Crippen molar-refractivity contribution in [3.63, 3.8) is 0 Å². The number of benzene rings is 1. The molecule has 0 spiro atoms. The third-order valence-corrected chi connectivity index (χ3v) is 3.54. The zero-order valence-electron chi connectivity index (χ0n) is 8.61. The summed E-state index contributed by atoms with van der Waals surface area (Å²) in [5, 5.41) is 7.22. The van der Waals surface area contributed by atoms with Crippen LogP contribution in [0.25, 0.3) is 11.3 Å². The zero-order chi connectivity index (χ0) is 11.0. The molecule has 1 aliphatic rings. The Bertz CT molecular complexity index is 505. The lowest BCUT2D eigenvalue weighted by Gasteiger charge is -1.98. The summed E-state index contributed by atoms with van der Waals surface area (Å²) in [7, 11) is 0. The lowest BCUT2D eigenvalue weighted by atomic mass is 10.2. The van der Waals surface area contributed by atoms with Crippen LogP contribution >= 0.6 is 22.9 Å². The number of hydrogen-bond acceptors (Lipinski definition) is 3. The zero-order valence-corrected chi connectivity index (χ0v) is 10.2. The highest BCUT2D eigenvalue weighted by molar-refractivity contribution is 7.14. The average molecular weight is 251 g/mol. The summed E-state index contributed by atoms with van der Waals surface area (Å²) < 4.78 is 0. The van der Waals surface area contributed by atoms with Crippen LogP contribution in [0.5, 0.6) is 0 Å². The van der Waals surface area contributed by atoms with E-state index in [-0.39, 0.29) is 0 Å². The van der Waals surface area contributed by atoms with Crippen molar-refractivity contribution in [1.82, 2.24) is 4.98 Å². The number of hydrogen-bond donors (Lipinski definition) is 1. The summed E-state index contributed by atoms with van der Waals surface area (Å²) in [5.74, 6) is 0. The van der Waals surface area contributed by atoms with E-state index in [1.807, 2.05) is 24.3 Å². The van der Waals surface area contributed by atoms with Gasteiger partial charge in [0, 0.05) is 22.0 Å². The quantitative estimate of drug-likeness (QED) is 0.889. The maximum Gasteiger partial charge on any atom is 0.183 e. The van der Waals surface area contributed by atoms with Gasteiger partial charge in [0.05, 0.1) is 5.69 Å². The number of thiazole rings is 1. The summed E-state index contributed by atoms with van der Waals surface area (Å²) in [6.07, 6.45) is 2.54. The third kappa shape index (κ3) is 2.20. The van der Waals surface area contributed by atoms with E-state index in [1.165, 1.54) is 12.8 Å². The Morgan fingerprint density at radius 3 is 3.00 bits per heavy atom. The van der Waals surface area contributed by atoms with E-state index in [0.29, 0.717) is 6.04 Å². The van der Waals surface area contributed by atoms with Gasteiger partial charge in [0.2, 0.25) is 0 Å². The first-order chi connectivity index (χ1) is 7.81. The molecule has 0 radical (unpaired) electrons. The molecule has 2 nitrogen and oxygen atoms in total. The number of rotatable bonds is 3. The van der Waals surface area contributed by atoms with Gasteiger partial charge in [-0.05, 0) is 25.0 Å². The van der Waals surface area contributed by atoms with Crippen molar-refractivity contribution in [3.05, 3.63) is 34.7 Å². The minimum atomic E-state index is 0.651. The highest BCUT2D eigenvalue weighted by Crippen LogP contribution is 2.30. The predicted molar refractivity (Wildman–Crippen MR) is 69.2 cm³/mol. The molecule has 3 rings (SSSR count). The molecule has 0 saturated heterocycles. The second-order valence-corrected chi connectivity index (χ2v) is 5.26. The molecule has 0 unspecified atom stereocenters. The second-order valence-electron chi connectivity index (χ2n) is 3.97. The molecule has 1 heterocycles. The molecule has 1 aromatic heterocycles. The predicted octanol–water partition coefficient (Wildman–Crippen LogP) is 4.04. The van der Waals surface area contributed by atoms with Gasteiger partial charge in [-0.3, -0.25) is 0 Å². The number of halogens is 1. The number of anilines is 1. The summed E-state index contributed by atoms with van der Waals surface area (Å²) in [5.41, 5.74) is 2.07. The molecule has 0 aliphatic heterocycles. The Labute approximate surface area is 103 Å². The van der Waals surface area contributed by atoms with E-state index < -0.39 is 0 Å². The number of nitrogens with zero attached hydrogens (tertiary/aromatic N) is 1. The van der Waals surface area contributed by atoms with E-state index in [2.05, 4.69) is 15.7 Å². The van der Waals surface area contributed by atoms with E-state index in [4.69, 9.17) is 11.6 Å². The van der Waals surface area contributed by atoms with Crippen LogP contribution in [0, 0.1) is 0 Å². The Morgan fingerprint density at radius 1 is 1.38 bits per heavy atom. The maximum atomic E-state index is 5.96. The lowest BCUT2D eigenvalue weighted by Crippen LogP contribution is -1.99. The van der Waals surface area contributed by atoms with Gasteiger partial charge in [-0.25, -0.2) is 4.98 Å². The monoisotopic (exact) mass is 250 g/mol. The van der Waals surface area contributed by atoms with Crippen molar-refractivity contribution in [2.24, 2.45) is 0 Å². The molecule has 1 aromatic carbocycles. The summed E-state index contributed by atoms with van der Waals surface area (Å²) in [6, 6.07) is 8.45. The molecule has 0 atom stereocenters. The minimum Gasteiger partial charge on any atom is -0.359 e. The molecule has 4 heteroatoms. The van der Waals surface area contributed by atoms with E-state index in [9.17, 15) is 0 Å². The number of aromatic nitrogens is 1. The molecular formula is C12H11ClN2S. The fraction of sp³-hybridized carbons (Fsp3) is 0.250. The van der Waals surface area contributed by atoms with Gasteiger partial charge < -0.3 is 5.32 Å². The summed E-state index contributed by atoms with van der Waals surface area (Å²) >= 11 is 7.61. The lowest BCUT2D eigenvalue weighted by molar-refractivity contribution is 1.14. The molecule has 1 saturated carbocycles. The molecule has 1 fully saturated rings. The largest absolute Gasteiger partial charge is 0.359 e. The number of nitrogens with one attached hydrogen (secondary N) is 1. The van der Waals surface area contributed by atoms with Crippen molar-refractivity contribution in [3.8, 4) is 11.3 Å². The van der Waals surface area contributed by atoms with Crippen LogP contribution in [0.4, 0.5) is 5.13 Å². The topological polar surface area (TPSA) is 24.9 Å². The van der Waals surface area contributed by atoms with Crippen LogP contribution < -0.4 is 5.32 Å². The molecule has 1 N–H and O–H groups in total. The molecule has 2 aromatic rings. The summed E-state index contributed by atoms with van der Waals surface area (Å²) in [6.45, 7) is 0. The first-order valence-electron chi connectivity index (χ1n) is 5.29. The van der Waals surface area contributed by atoms with Crippen molar-refractivity contribution in [2.75, 3.05) is 5.32 Å². The fourth-order valence-electron chi connectivity index (χ4n) is 1.52. The van der Waals surface area contributed by atoms with Crippen LogP contribution in [-0.2, 0) is 0 Å². The van der Waals surface area contributed by atoms with Crippen LogP contribution in [0.2, 0.25) is 5.02 Å². The fourth-order valence-corrected chi connectivity index (χ4v) is 2.51. The highest BCUT2D eigenvalue weighted by Gasteiger charge is 2.22. The van der Waals surface area contributed by atoms with Gasteiger partial charge >= 0.3 is 0 Å².